The largest absolute Gasteiger partial charge is 0.497 e. The van der Waals surface area contributed by atoms with Gasteiger partial charge in [0.05, 0.1) is 24.5 Å². The minimum absolute atomic E-state index is 0.331. The summed E-state index contributed by atoms with van der Waals surface area (Å²) in [7, 11) is 1.58. The second-order valence-corrected chi connectivity index (χ2v) is 7.42. The predicted octanol–water partition coefficient (Wildman–Crippen LogP) is 3.89. The van der Waals surface area contributed by atoms with E-state index in [0.717, 1.165) is 10.5 Å². The summed E-state index contributed by atoms with van der Waals surface area (Å²) in [4.78, 5) is 33.8. The van der Waals surface area contributed by atoms with Crippen molar-refractivity contribution in [2.45, 2.75) is 12.1 Å². The zero-order valence-corrected chi connectivity index (χ0v) is 16.6. The molecule has 2 fully saturated rings. The number of carbonyl (C=O) groups is 2. The Kier molecular flexibility index (Phi) is 4.67. The summed E-state index contributed by atoms with van der Waals surface area (Å²) in [5, 5.41) is 1.63. The molecule has 0 N–H and O–H groups in total. The van der Waals surface area contributed by atoms with Gasteiger partial charge in [0.1, 0.15) is 17.5 Å². The topological polar surface area (TPSA) is 59.1 Å². The van der Waals surface area contributed by atoms with Crippen LogP contribution in [0.4, 0.5) is 15.8 Å². The number of amides is 2. The summed E-state index contributed by atoms with van der Waals surface area (Å²) in [6.07, 6.45) is -0.968. The lowest BCUT2D eigenvalue weighted by Gasteiger charge is -2.28. The van der Waals surface area contributed by atoms with Crippen molar-refractivity contribution in [1.82, 2.24) is 0 Å². The molecule has 0 radical (unpaired) electrons. The maximum Gasteiger partial charge on any atom is 0.266 e. The molecule has 3 aromatic carbocycles. The van der Waals surface area contributed by atoms with Gasteiger partial charge in [-0.15, -0.1) is 0 Å². The molecule has 0 spiro atoms. The summed E-state index contributed by atoms with van der Waals surface area (Å²) in [6, 6.07) is 21.5. The number of hydrogen-bond acceptors (Lipinski definition) is 5. The summed E-state index contributed by atoms with van der Waals surface area (Å²) >= 11 is 0. The van der Waals surface area contributed by atoms with Gasteiger partial charge >= 0.3 is 0 Å². The van der Waals surface area contributed by atoms with E-state index in [2.05, 4.69) is 0 Å². The molecule has 0 aromatic heterocycles. The van der Waals surface area contributed by atoms with Crippen molar-refractivity contribution in [2.24, 2.45) is 5.92 Å². The molecule has 2 aliphatic rings. The van der Waals surface area contributed by atoms with Gasteiger partial charge in [-0.25, -0.2) is 14.4 Å². The van der Waals surface area contributed by atoms with Crippen molar-refractivity contribution in [3.8, 4) is 5.75 Å². The Morgan fingerprint density at radius 2 is 1.48 bits per heavy atom. The van der Waals surface area contributed by atoms with Gasteiger partial charge in [0, 0.05) is 0 Å². The fraction of sp³-hybridized carbons (Fsp3) is 0.167. The number of rotatable bonds is 4. The van der Waals surface area contributed by atoms with E-state index in [1.807, 2.05) is 42.5 Å². The van der Waals surface area contributed by atoms with Gasteiger partial charge in [-0.1, -0.05) is 30.3 Å². The van der Waals surface area contributed by atoms with Crippen molar-refractivity contribution < 1.29 is 23.6 Å². The van der Waals surface area contributed by atoms with Crippen molar-refractivity contribution in [3.05, 3.63) is 90.2 Å². The zero-order valence-electron chi connectivity index (χ0n) is 16.6. The highest BCUT2D eigenvalue weighted by Crippen LogP contribution is 2.47. The van der Waals surface area contributed by atoms with E-state index in [0.29, 0.717) is 17.1 Å². The lowest BCUT2D eigenvalue weighted by atomic mass is 9.90. The van der Waals surface area contributed by atoms with Crippen LogP contribution in [-0.2, 0) is 14.4 Å². The Balaban J connectivity index is 1.55. The maximum atomic E-state index is 13.4. The maximum absolute atomic E-state index is 13.4. The smallest absolute Gasteiger partial charge is 0.266 e. The molecule has 31 heavy (non-hydrogen) atoms. The minimum atomic E-state index is -0.968. The number of hydroxylamine groups is 1. The van der Waals surface area contributed by atoms with Crippen molar-refractivity contribution in [3.63, 3.8) is 0 Å². The van der Waals surface area contributed by atoms with Gasteiger partial charge in [-0.2, -0.15) is 0 Å². The average Bonchev–Trinajstić information content (AvgIpc) is 3.31. The Bertz CT molecular complexity index is 1120. The average molecular weight is 418 g/mol. The summed E-state index contributed by atoms with van der Waals surface area (Å²) < 4.78 is 18.6. The van der Waals surface area contributed by atoms with Crippen LogP contribution in [-0.4, -0.2) is 25.0 Å². The van der Waals surface area contributed by atoms with Gasteiger partial charge in [-0.05, 0) is 54.1 Å². The molecule has 3 aromatic rings. The highest BCUT2D eigenvalue weighted by atomic mass is 19.1. The lowest BCUT2D eigenvalue weighted by Crippen LogP contribution is -2.37. The van der Waals surface area contributed by atoms with E-state index in [-0.39, 0.29) is 5.91 Å². The molecule has 0 aliphatic carbocycles. The number of nitrogens with zero attached hydrogens (tertiary/aromatic N) is 2. The van der Waals surface area contributed by atoms with Gasteiger partial charge in [0.2, 0.25) is 5.91 Å². The SMILES string of the molecule is COc1ccc(N2O[C@H]3C(=O)N(c4ccc(F)cc4)C(=O)[C@@H]3[C@H]2c2ccccc2)cc1. The molecule has 2 saturated heterocycles. The molecular formula is C24H19FN2O4. The Labute approximate surface area is 178 Å². The van der Waals surface area contributed by atoms with E-state index in [9.17, 15) is 14.0 Å². The molecule has 2 heterocycles. The fourth-order valence-corrected chi connectivity index (χ4v) is 4.20. The molecule has 0 saturated carbocycles. The van der Waals surface area contributed by atoms with Crippen LogP contribution < -0.4 is 14.7 Å². The zero-order chi connectivity index (χ0) is 21.5. The van der Waals surface area contributed by atoms with Crippen LogP contribution in [0.3, 0.4) is 0 Å². The Morgan fingerprint density at radius 1 is 0.839 bits per heavy atom. The molecular weight excluding hydrogens is 399 g/mol. The number of ether oxygens (including phenoxy) is 1. The number of fused-ring (bicyclic) bond motifs is 1. The van der Waals surface area contributed by atoms with Gasteiger partial charge in [0.25, 0.3) is 5.91 Å². The van der Waals surface area contributed by atoms with E-state index in [1.165, 1.54) is 24.3 Å². The van der Waals surface area contributed by atoms with Crippen LogP contribution >= 0.6 is 0 Å². The van der Waals surface area contributed by atoms with Crippen molar-refractivity contribution in [1.29, 1.82) is 0 Å². The minimum Gasteiger partial charge on any atom is -0.497 e. The molecule has 0 unspecified atom stereocenters. The number of imide groups is 1. The van der Waals surface area contributed by atoms with Crippen LogP contribution in [0.5, 0.6) is 5.75 Å². The number of methoxy groups -OCH3 is 1. The third-order valence-electron chi connectivity index (χ3n) is 5.67. The molecule has 5 rings (SSSR count). The summed E-state index contributed by atoms with van der Waals surface area (Å²) in [5.74, 6) is -1.31. The first-order valence-corrected chi connectivity index (χ1v) is 9.87. The number of halogens is 1. The van der Waals surface area contributed by atoms with Gasteiger partial charge in [-0.3, -0.25) is 14.4 Å². The van der Waals surface area contributed by atoms with Crippen LogP contribution in [0.1, 0.15) is 11.6 Å². The summed E-state index contributed by atoms with van der Waals surface area (Å²) in [5.41, 5.74) is 1.89. The molecule has 7 heteroatoms. The molecule has 0 bridgehead atoms. The van der Waals surface area contributed by atoms with E-state index in [1.54, 1.807) is 24.3 Å². The third kappa shape index (κ3) is 3.14. The first kappa shape index (κ1) is 19.3. The van der Waals surface area contributed by atoms with E-state index >= 15 is 0 Å². The lowest BCUT2D eigenvalue weighted by molar-refractivity contribution is -0.126. The Morgan fingerprint density at radius 3 is 2.13 bits per heavy atom. The highest BCUT2D eigenvalue weighted by Gasteiger charge is 2.60. The van der Waals surface area contributed by atoms with Crippen LogP contribution in [0, 0.1) is 11.7 Å². The fourth-order valence-electron chi connectivity index (χ4n) is 4.20. The standard InChI is InChI=1S/C24H19FN2O4/c1-30-19-13-11-18(12-14-19)27-21(15-5-3-2-4-6-15)20-22(31-27)24(29)26(23(20)28)17-9-7-16(25)8-10-17/h2-14,20-22H,1H3/t20-,21-,22-/m1/s1. The second kappa shape index (κ2) is 7.52. The normalized spacial score (nSPS) is 22.7. The van der Waals surface area contributed by atoms with E-state index < -0.39 is 29.8 Å². The monoisotopic (exact) mass is 418 g/mol. The van der Waals surface area contributed by atoms with Gasteiger partial charge in [0.15, 0.2) is 6.10 Å². The summed E-state index contributed by atoms with van der Waals surface area (Å²) in [6.45, 7) is 0. The quantitative estimate of drug-likeness (QED) is 0.602. The van der Waals surface area contributed by atoms with Crippen molar-refractivity contribution >= 4 is 23.2 Å². The van der Waals surface area contributed by atoms with E-state index in [4.69, 9.17) is 9.57 Å². The Hall–Kier alpha value is -3.71. The third-order valence-corrected chi connectivity index (χ3v) is 5.67. The number of carbonyl (C=O) groups excluding carboxylic acids is 2. The number of hydrogen-bond donors (Lipinski definition) is 0. The number of anilines is 2. The molecule has 6 nitrogen and oxygen atoms in total. The van der Waals surface area contributed by atoms with Crippen LogP contribution in [0.2, 0.25) is 0 Å². The highest BCUT2D eigenvalue weighted by molar-refractivity contribution is 6.23. The number of benzene rings is 3. The second-order valence-electron chi connectivity index (χ2n) is 7.42. The van der Waals surface area contributed by atoms with Crippen molar-refractivity contribution in [2.75, 3.05) is 17.1 Å². The predicted molar refractivity (Wildman–Crippen MR) is 112 cm³/mol. The van der Waals surface area contributed by atoms with Crippen LogP contribution in [0.15, 0.2) is 78.9 Å². The van der Waals surface area contributed by atoms with Gasteiger partial charge < -0.3 is 4.74 Å². The molecule has 2 aliphatic heterocycles. The van der Waals surface area contributed by atoms with Crippen LogP contribution in [0.25, 0.3) is 0 Å². The molecule has 2 amide bonds. The molecule has 156 valence electrons. The first-order chi connectivity index (χ1) is 15.1. The molecule has 3 atom stereocenters. The first-order valence-electron chi connectivity index (χ1n) is 9.87.